The van der Waals surface area contributed by atoms with E-state index in [1.54, 1.807) is 0 Å². The number of rotatable bonds is 5. The first-order chi connectivity index (χ1) is 25.2. The maximum atomic E-state index is 9.78. The zero-order valence-electron chi connectivity index (χ0n) is 27.5. The van der Waals surface area contributed by atoms with Crippen LogP contribution in [0, 0.1) is 0 Å². The molecule has 1 radical (unpaired) electrons. The topological polar surface area (TPSA) is 98.9 Å². The van der Waals surface area contributed by atoms with Crippen molar-refractivity contribution in [2.45, 2.75) is 0 Å². The zero-order valence-corrected chi connectivity index (χ0v) is 28.5. The van der Waals surface area contributed by atoms with Crippen molar-refractivity contribution in [2.24, 2.45) is 10.4 Å². The summed E-state index contributed by atoms with van der Waals surface area (Å²) in [6.45, 7) is 0. The molecule has 8 heteroatoms. The Kier molecular flexibility index (Phi) is 8.75. The Labute approximate surface area is 310 Å². The van der Waals surface area contributed by atoms with E-state index < -0.39 is 0 Å². The normalized spacial score (nSPS) is 12.1. The number of fused-ring (bicyclic) bond motifs is 8. The van der Waals surface area contributed by atoms with E-state index in [2.05, 4.69) is 46.8 Å². The average molecular weight is 720 g/mol. The molecule has 0 spiro atoms. The molecule has 5 heterocycles. The molecule has 1 N–H and O–H groups in total. The van der Waals surface area contributed by atoms with Gasteiger partial charge in [0.15, 0.2) is 0 Å². The van der Waals surface area contributed by atoms with Gasteiger partial charge in [-0.05, 0) is 62.7 Å². The predicted octanol–water partition coefficient (Wildman–Crippen LogP) is 10.7. The number of nitrogens with zero attached hydrogens (tertiary/aromatic N) is 6. The summed E-state index contributed by atoms with van der Waals surface area (Å²) in [5, 5.41) is 17.2. The van der Waals surface area contributed by atoms with Gasteiger partial charge in [-0.3, -0.25) is 0 Å². The van der Waals surface area contributed by atoms with Crippen LogP contribution >= 0.6 is 0 Å². The Balaban J connectivity index is 0.00000387. The Hall–Kier alpha value is -6.60. The molecule has 0 fully saturated rings. The van der Waals surface area contributed by atoms with Gasteiger partial charge in [0.05, 0.1) is 22.8 Å². The molecule has 0 aliphatic carbocycles. The van der Waals surface area contributed by atoms with Gasteiger partial charge in [-0.2, -0.15) is 0 Å². The summed E-state index contributed by atoms with van der Waals surface area (Å²) < 4.78 is 0. The fourth-order valence-electron chi connectivity index (χ4n) is 6.87. The van der Waals surface area contributed by atoms with Crippen molar-refractivity contribution in [3.63, 3.8) is 0 Å². The largest absolute Gasteiger partial charge is 2.00 e. The predicted molar refractivity (Wildman–Crippen MR) is 204 cm³/mol. The monoisotopic (exact) mass is 719 g/mol. The van der Waals surface area contributed by atoms with Crippen LogP contribution in [0.2, 0.25) is 0 Å². The Morgan fingerprint density at radius 3 is 1.19 bits per heavy atom. The molecule has 8 bridgehead atoms. The van der Waals surface area contributed by atoms with Gasteiger partial charge in [0.1, 0.15) is 5.70 Å². The summed E-state index contributed by atoms with van der Waals surface area (Å²) in [6.07, 6.45) is 5.98. The fraction of sp³-hybridized carbons (Fsp3) is 0. The van der Waals surface area contributed by atoms with Crippen LogP contribution in [-0.4, -0.2) is 15.2 Å². The van der Waals surface area contributed by atoms with Crippen molar-refractivity contribution >= 4 is 46.0 Å². The number of hydrogen-bond donors (Lipinski definition) is 1. The van der Waals surface area contributed by atoms with Crippen molar-refractivity contribution in [2.75, 3.05) is 0 Å². The molecule has 3 aromatic heterocycles. The maximum Gasteiger partial charge on any atom is 2.00 e. The van der Waals surface area contributed by atoms with Gasteiger partial charge >= 0.3 is 17.1 Å². The van der Waals surface area contributed by atoms with Crippen molar-refractivity contribution in [1.82, 2.24) is 19.9 Å². The van der Waals surface area contributed by atoms with Gasteiger partial charge in [-0.25, -0.2) is 9.97 Å². The molecule has 0 unspecified atom stereocenters. The summed E-state index contributed by atoms with van der Waals surface area (Å²) in [4.78, 5) is 21.1. The van der Waals surface area contributed by atoms with E-state index in [1.165, 1.54) is 0 Å². The molecule has 7 nitrogen and oxygen atoms in total. The molecule has 4 aromatic carbocycles. The second kappa shape index (κ2) is 14.0. The Bertz CT molecular complexity index is 2680. The minimum atomic E-state index is 0. The molecule has 0 amide bonds. The SMILES string of the molecule is ON=NC1=Cc2nc1c(-c1ccccc1)c1ccc([n-]1)c(-c1ccccc1)c1nc(c(-c3ccccc3)c3ccc([n-]3)c2-c2ccccc2)C=C1.[Cu+2]. The number of benzene rings is 4. The van der Waals surface area contributed by atoms with Gasteiger partial charge < -0.3 is 15.2 Å². The first-order valence-electron chi connectivity index (χ1n) is 16.6. The minimum Gasteiger partial charge on any atom is -0.657 e. The van der Waals surface area contributed by atoms with Crippen molar-refractivity contribution in [1.29, 1.82) is 0 Å². The van der Waals surface area contributed by atoms with Crippen LogP contribution in [0.3, 0.4) is 0 Å². The van der Waals surface area contributed by atoms with Crippen LogP contribution in [0.25, 0.3) is 90.5 Å². The Morgan fingerprint density at radius 2 is 0.788 bits per heavy atom. The summed E-state index contributed by atoms with van der Waals surface area (Å²) in [5.74, 6) is 0. The summed E-state index contributed by atoms with van der Waals surface area (Å²) in [5.41, 5.74) is 13.4. The fourth-order valence-corrected chi connectivity index (χ4v) is 6.87. The van der Waals surface area contributed by atoms with Gasteiger partial charge in [-0.1, -0.05) is 146 Å². The van der Waals surface area contributed by atoms with Crippen LogP contribution in [-0.2, 0) is 17.1 Å². The summed E-state index contributed by atoms with van der Waals surface area (Å²) in [6, 6.07) is 48.6. The van der Waals surface area contributed by atoms with Crippen LogP contribution in [0.4, 0.5) is 0 Å². The van der Waals surface area contributed by atoms with Crippen LogP contribution < -0.4 is 9.97 Å². The minimum absolute atomic E-state index is 0. The third-order valence-corrected chi connectivity index (χ3v) is 9.10. The molecular weight excluding hydrogens is 692 g/mol. The maximum absolute atomic E-state index is 9.78. The van der Waals surface area contributed by atoms with Gasteiger partial charge in [0.25, 0.3) is 0 Å². The van der Waals surface area contributed by atoms with Gasteiger partial charge in [0.2, 0.25) is 0 Å². The first-order valence-corrected chi connectivity index (χ1v) is 16.6. The molecule has 251 valence electrons. The second-order valence-electron chi connectivity index (χ2n) is 12.2. The van der Waals surface area contributed by atoms with Gasteiger partial charge in [0, 0.05) is 5.28 Å². The third kappa shape index (κ3) is 5.86. The molecule has 9 rings (SSSR count). The van der Waals surface area contributed by atoms with E-state index in [-0.39, 0.29) is 17.1 Å². The zero-order chi connectivity index (χ0) is 34.1. The van der Waals surface area contributed by atoms with Crippen molar-refractivity contribution in [3.05, 3.63) is 168 Å². The van der Waals surface area contributed by atoms with E-state index in [0.717, 1.165) is 72.4 Å². The smallest absolute Gasteiger partial charge is 0.657 e. The number of hydrogen-bond acceptors (Lipinski definition) is 4. The molecule has 2 aliphatic rings. The summed E-state index contributed by atoms with van der Waals surface area (Å²) >= 11 is 0. The quantitative estimate of drug-likeness (QED) is 0.108. The standard InChI is InChI=1S/C44H28N6O.Cu/c51-50-49-39-27-38-42(30-17-9-3-10-18-30)36-24-23-34(46-36)40(28-13-5-1-6-14-28)32-21-22-33(45-32)41(29-15-7-2-8-16-29)35-25-26-37(47-35)43(44(39)48-38)31-19-11-4-12-20-31;/h1-27H,(H,49,51);/q-2;+2. The molecule has 52 heavy (non-hydrogen) atoms. The molecule has 0 saturated carbocycles. The van der Waals surface area contributed by atoms with E-state index in [1.807, 2.05) is 127 Å². The molecule has 0 saturated heterocycles. The van der Waals surface area contributed by atoms with Crippen LogP contribution in [0.5, 0.6) is 0 Å². The molecule has 7 aromatic rings. The van der Waals surface area contributed by atoms with Crippen LogP contribution in [0.1, 0.15) is 22.8 Å². The van der Waals surface area contributed by atoms with Gasteiger partial charge in [-0.15, -0.1) is 27.2 Å². The van der Waals surface area contributed by atoms with Crippen LogP contribution in [0.15, 0.2) is 156 Å². The molecule has 0 atom stereocenters. The Morgan fingerprint density at radius 1 is 0.423 bits per heavy atom. The van der Waals surface area contributed by atoms with Crippen molar-refractivity contribution < 1.29 is 22.3 Å². The van der Waals surface area contributed by atoms with E-state index in [4.69, 9.17) is 19.9 Å². The van der Waals surface area contributed by atoms with Crippen molar-refractivity contribution in [3.8, 4) is 44.5 Å². The first kappa shape index (κ1) is 32.6. The van der Waals surface area contributed by atoms with E-state index in [9.17, 15) is 5.21 Å². The summed E-state index contributed by atoms with van der Waals surface area (Å²) in [7, 11) is 0. The van der Waals surface area contributed by atoms with E-state index >= 15 is 0 Å². The second-order valence-corrected chi connectivity index (χ2v) is 12.2. The third-order valence-electron chi connectivity index (χ3n) is 9.10. The average Bonchev–Trinajstić information content (AvgIpc) is 4.01. The number of aromatic nitrogens is 4. The van der Waals surface area contributed by atoms with E-state index in [0.29, 0.717) is 22.6 Å². The molecule has 2 aliphatic heterocycles. The molecular formula is C44H28CuN6O.